The lowest BCUT2D eigenvalue weighted by Crippen LogP contribution is -2.60. The third-order valence-corrected chi connectivity index (χ3v) is 4.75. The average molecular weight is 271 g/mol. The lowest BCUT2D eigenvalue weighted by molar-refractivity contribution is 0.0447. The molecule has 19 heavy (non-hydrogen) atoms. The van der Waals surface area contributed by atoms with Gasteiger partial charge in [-0.3, -0.25) is 4.90 Å². The fraction of sp³-hybridized carbons (Fsp3) is 1.00. The van der Waals surface area contributed by atoms with Gasteiger partial charge in [0.1, 0.15) is 0 Å². The van der Waals surface area contributed by atoms with E-state index in [1.807, 2.05) is 0 Å². The minimum absolute atomic E-state index is 0.328. The van der Waals surface area contributed by atoms with Crippen LogP contribution in [0.3, 0.4) is 0 Å². The fourth-order valence-corrected chi connectivity index (χ4v) is 3.57. The average Bonchev–Trinajstić information content (AvgIpc) is 2.41. The molecule has 0 amide bonds. The molecule has 0 rings (SSSR count). The van der Waals surface area contributed by atoms with E-state index >= 15 is 0 Å². The van der Waals surface area contributed by atoms with Crippen LogP contribution in [0.25, 0.3) is 0 Å². The smallest absolute Gasteiger partial charge is 0.0357 e. The van der Waals surface area contributed by atoms with Gasteiger partial charge in [-0.05, 0) is 51.2 Å². The van der Waals surface area contributed by atoms with Crippen LogP contribution >= 0.6 is 0 Å². The van der Waals surface area contributed by atoms with Crippen molar-refractivity contribution in [2.75, 3.05) is 19.6 Å². The molecule has 0 saturated carbocycles. The first-order chi connectivity index (χ1) is 9.02. The summed E-state index contributed by atoms with van der Waals surface area (Å²) in [5.74, 6) is 0.796. The molecular weight excluding hydrogens is 232 g/mol. The molecule has 0 spiro atoms. The van der Waals surface area contributed by atoms with E-state index in [0.717, 1.165) is 25.6 Å². The highest BCUT2D eigenvalue weighted by molar-refractivity contribution is 4.98. The zero-order valence-electron chi connectivity index (χ0n) is 14.6. The van der Waals surface area contributed by atoms with E-state index in [-0.39, 0.29) is 0 Å². The van der Waals surface area contributed by atoms with Crippen molar-refractivity contribution < 1.29 is 0 Å². The SMILES string of the molecule is CCNC(CCC(C)C)C(CC)(CC)N(CC)CC. The van der Waals surface area contributed by atoms with E-state index in [2.05, 4.69) is 58.7 Å². The predicted molar refractivity (Wildman–Crippen MR) is 87.8 cm³/mol. The van der Waals surface area contributed by atoms with Gasteiger partial charge in [-0.15, -0.1) is 0 Å². The van der Waals surface area contributed by atoms with Crippen molar-refractivity contribution in [3.63, 3.8) is 0 Å². The topological polar surface area (TPSA) is 15.3 Å². The number of nitrogens with one attached hydrogen (secondary N) is 1. The lowest BCUT2D eigenvalue weighted by Gasteiger charge is -2.48. The zero-order chi connectivity index (χ0) is 14.9. The molecule has 0 heterocycles. The molecule has 1 atom stereocenters. The first-order valence-electron chi connectivity index (χ1n) is 8.50. The molecule has 1 unspecified atom stereocenters. The van der Waals surface area contributed by atoms with E-state index < -0.39 is 0 Å². The van der Waals surface area contributed by atoms with E-state index in [4.69, 9.17) is 0 Å². The summed E-state index contributed by atoms with van der Waals surface area (Å²) in [5.41, 5.74) is 0.328. The van der Waals surface area contributed by atoms with Gasteiger partial charge in [-0.25, -0.2) is 0 Å². The van der Waals surface area contributed by atoms with E-state index in [1.165, 1.54) is 25.7 Å². The molecule has 0 aromatic heterocycles. The van der Waals surface area contributed by atoms with Crippen LogP contribution in [-0.2, 0) is 0 Å². The largest absolute Gasteiger partial charge is 0.312 e. The third-order valence-electron chi connectivity index (χ3n) is 4.75. The van der Waals surface area contributed by atoms with Crippen molar-refractivity contribution in [3.8, 4) is 0 Å². The second-order valence-corrected chi connectivity index (χ2v) is 6.06. The monoisotopic (exact) mass is 270 g/mol. The molecular formula is C17H38N2. The van der Waals surface area contributed by atoms with Gasteiger partial charge in [-0.2, -0.15) is 0 Å². The summed E-state index contributed by atoms with van der Waals surface area (Å²) in [6.45, 7) is 19.6. The number of hydrogen-bond acceptors (Lipinski definition) is 2. The predicted octanol–water partition coefficient (Wildman–Crippen LogP) is 4.30. The second kappa shape index (κ2) is 9.77. The minimum Gasteiger partial charge on any atom is -0.312 e. The standard InChI is InChI=1S/C17H38N2/c1-8-17(9-2,19(11-4)12-5)16(18-10-3)14-13-15(6)7/h15-16,18H,8-14H2,1-7H3. The maximum atomic E-state index is 3.79. The highest BCUT2D eigenvalue weighted by Gasteiger charge is 2.38. The molecule has 0 bridgehead atoms. The summed E-state index contributed by atoms with van der Waals surface area (Å²) in [7, 11) is 0. The summed E-state index contributed by atoms with van der Waals surface area (Å²) in [6, 6.07) is 0.620. The highest BCUT2D eigenvalue weighted by Crippen LogP contribution is 2.31. The van der Waals surface area contributed by atoms with Crippen molar-refractivity contribution >= 4 is 0 Å². The van der Waals surface area contributed by atoms with E-state index in [9.17, 15) is 0 Å². The lowest BCUT2D eigenvalue weighted by atomic mass is 9.79. The Morgan fingerprint density at radius 2 is 1.42 bits per heavy atom. The maximum Gasteiger partial charge on any atom is 0.0357 e. The Morgan fingerprint density at radius 3 is 1.74 bits per heavy atom. The zero-order valence-corrected chi connectivity index (χ0v) is 14.6. The van der Waals surface area contributed by atoms with Crippen LogP contribution in [0, 0.1) is 5.92 Å². The van der Waals surface area contributed by atoms with Crippen molar-refractivity contribution in [1.82, 2.24) is 10.2 Å². The van der Waals surface area contributed by atoms with E-state index in [0.29, 0.717) is 11.6 Å². The molecule has 116 valence electrons. The van der Waals surface area contributed by atoms with Crippen molar-refractivity contribution in [1.29, 1.82) is 0 Å². The first-order valence-corrected chi connectivity index (χ1v) is 8.50. The Kier molecular flexibility index (Phi) is 9.72. The van der Waals surface area contributed by atoms with Crippen molar-refractivity contribution in [3.05, 3.63) is 0 Å². The summed E-state index contributed by atoms with van der Waals surface area (Å²) in [4.78, 5) is 2.68. The van der Waals surface area contributed by atoms with Crippen LogP contribution in [0.2, 0.25) is 0 Å². The quantitative estimate of drug-likeness (QED) is 0.602. The molecule has 0 aliphatic carbocycles. The van der Waals surface area contributed by atoms with Crippen molar-refractivity contribution in [2.45, 2.75) is 85.7 Å². The van der Waals surface area contributed by atoms with Crippen LogP contribution in [0.15, 0.2) is 0 Å². The number of hydrogen-bond donors (Lipinski definition) is 1. The third kappa shape index (κ3) is 5.07. The first kappa shape index (κ1) is 18.9. The summed E-state index contributed by atoms with van der Waals surface area (Å²) in [6.07, 6.45) is 5.09. The Bertz CT molecular complexity index is 205. The van der Waals surface area contributed by atoms with Gasteiger partial charge in [0.2, 0.25) is 0 Å². The second-order valence-electron chi connectivity index (χ2n) is 6.06. The van der Waals surface area contributed by atoms with Gasteiger partial charge in [0.05, 0.1) is 0 Å². The molecule has 0 radical (unpaired) electrons. The Hall–Kier alpha value is -0.0800. The Balaban J connectivity index is 5.11. The normalized spacial score (nSPS) is 14.4. The Morgan fingerprint density at radius 1 is 0.895 bits per heavy atom. The molecule has 0 aromatic carbocycles. The van der Waals surface area contributed by atoms with Gasteiger partial charge in [-0.1, -0.05) is 48.5 Å². The molecule has 0 fully saturated rings. The van der Waals surface area contributed by atoms with Gasteiger partial charge in [0.15, 0.2) is 0 Å². The summed E-state index contributed by atoms with van der Waals surface area (Å²) in [5, 5.41) is 3.79. The molecule has 2 heteroatoms. The van der Waals surface area contributed by atoms with Gasteiger partial charge in [0.25, 0.3) is 0 Å². The van der Waals surface area contributed by atoms with Crippen molar-refractivity contribution in [2.24, 2.45) is 5.92 Å². The van der Waals surface area contributed by atoms with Crippen LogP contribution in [0.5, 0.6) is 0 Å². The fourth-order valence-electron chi connectivity index (χ4n) is 3.57. The minimum atomic E-state index is 0.328. The Labute approximate surface area is 122 Å². The summed E-state index contributed by atoms with van der Waals surface area (Å²) >= 11 is 0. The maximum absolute atomic E-state index is 3.79. The summed E-state index contributed by atoms with van der Waals surface area (Å²) < 4.78 is 0. The van der Waals surface area contributed by atoms with Crippen LogP contribution < -0.4 is 5.32 Å². The van der Waals surface area contributed by atoms with Crippen LogP contribution in [-0.4, -0.2) is 36.1 Å². The van der Waals surface area contributed by atoms with E-state index in [1.54, 1.807) is 0 Å². The van der Waals surface area contributed by atoms with Crippen LogP contribution in [0.1, 0.15) is 74.1 Å². The molecule has 1 N–H and O–H groups in total. The van der Waals surface area contributed by atoms with Gasteiger partial charge >= 0.3 is 0 Å². The van der Waals surface area contributed by atoms with Crippen LogP contribution in [0.4, 0.5) is 0 Å². The number of rotatable bonds is 11. The molecule has 0 aliphatic rings. The molecule has 0 aromatic rings. The molecule has 0 aliphatic heterocycles. The molecule has 2 nitrogen and oxygen atoms in total. The number of likely N-dealkylation sites (N-methyl/N-ethyl adjacent to an activating group) is 2. The highest BCUT2D eigenvalue weighted by atomic mass is 15.2. The van der Waals surface area contributed by atoms with Gasteiger partial charge in [0, 0.05) is 11.6 Å². The molecule has 0 saturated heterocycles. The van der Waals surface area contributed by atoms with Gasteiger partial charge < -0.3 is 5.32 Å². The number of nitrogens with zero attached hydrogens (tertiary/aromatic N) is 1.